The number of hydrogen-bond acceptors (Lipinski definition) is 3. The van der Waals surface area contributed by atoms with Gasteiger partial charge in [-0.1, -0.05) is 26.0 Å². The van der Waals surface area contributed by atoms with Crippen molar-refractivity contribution in [3.8, 4) is 6.07 Å². The van der Waals surface area contributed by atoms with Gasteiger partial charge in [0.25, 0.3) is 0 Å². The summed E-state index contributed by atoms with van der Waals surface area (Å²) in [6, 6.07) is 8.86. The van der Waals surface area contributed by atoms with Crippen LogP contribution in [-0.2, 0) is 6.54 Å². The maximum Gasteiger partial charge on any atom is 0.315 e. The Bertz CT molecular complexity index is 480. The first-order valence-corrected chi connectivity index (χ1v) is 6.71. The number of benzene rings is 1. The Labute approximate surface area is 119 Å². The Morgan fingerprint density at radius 3 is 2.80 bits per heavy atom. The van der Waals surface area contributed by atoms with Gasteiger partial charge >= 0.3 is 6.03 Å². The number of nitrogens with one attached hydrogen (secondary N) is 2. The summed E-state index contributed by atoms with van der Waals surface area (Å²) in [5, 5.41) is 23.4. The fourth-order valence-corrected chi connectivity index (χ4v) is 1.86. The first-order valence-electron chi connectivity index (χ1n) is 6.71. The number of carbonyl (C=O) groups excluding carboxylic acids is 1. The summed E-state index contributed by atoms with van der Waals surface area (Å²) in [5.74, 6) is 0.259. The lowest BCUT2D eigenvalue weighted by Gasteiger charge is -2.21. The zero-order valence-corrected chi connectivity index (χ0v) is 11.9. The van der Waals surface area contributed by atoms with Crippen molar-refractivity contribution in [2.45, 2.75) is 32.9 Å². The number of nitrogens with zero attached hydrogens (tertiary/aromatic N) is 1. The normalized spacial score (nSPS) is 11.8. The third kappa shape index (κ3) is 5.29. The van der Waals surface area contributed by atoms with E-state index < -0.39 is 0 Å². The Balaban J connectivity index is 2.48. The van der Waals surface area contributed by atoms with Crippen LogP contribution in [0.4, 0.5) is 4.79 Å². The second-order valence-corrected chi connectivity index (χ2v) is 5.00. The molecule has 1 aromatic rings. The highest BCUT2D eigenvalue weighted by molar-refractivity contribution is 5.74. The third-order valence-corrected chi connectivity index (χ3v) is 3.07. The van der Waals surface area contributed by atoms with Crippen LogP contribution >= 0.6 is 0 Å². The van der Waals surface area contributed by atoms with Crippen molar-refractivity contribution in [3.05, 3.63) is 35.4 Å². The molecule has 0 radical (unpaired) electrons. The summed E-state index contributed by atoms with van der Waals surface area (Å²) in [4.78, 5) is 11.8. The first kappa shape index (κ1) is 16.0. The molecule has 5 heteroatoms. The standard InChI is InChI=1S/C15H21N3O2/c1-11(2)14(6-7-19)18-15(20)17-10-13-5-3-4-12(8-13)9-16/h3-5,8,11,14,19H,6-7,10H2,1-2H3,(H2,17,18,20)/t14-/m0/s1. The van der Waals surface area contributed by atoms with E-state index in [-0.39, 0.29) is 24.6 Å². The van der Waals surface area contributed by atoms with Gasteiger partial charge in [-0.3, -0.25) is 0 Å². The highest BCUT2D eigenvalue weighted by atomic mass is 16.3. The minimum Gasteiger partial charge on any atom is -0.396 e. The number of urea groups is 1. The van der Waals surface area contributed by atoms with Gasteiger partial charge in [0, 0.05) is 19.2 Å². The summed E-state index contributed by atoms with van der Waals surface area (Å²) in [7, 11) is 0. The van der Waals surface area contributed by atoms with Crippen LogP contribution < -0.4 is 10.6 Å². The first-order chi connectivity index (χ1) is 9.56. The average molecular weight is 275 g/mol. The molecule has 0 heterocycles. The number of aliphatic hydroxyl groups excluding tert-OH is 1. The lowest BCUT2D eigenvalue weighted by atomic mass is 10.0. The SMILES string of the molecule is CC(C)[C@H](CCO)NC(=O)NCc1cccc(C#N)c1. The minimum atomic E-state index is -0.264. The second kappa shape index (κ2) is 8.18. The molecule has 0 aliphatic heterocycles. The van der Waals surface area contributed by atoms with E-state index in [9.17, 15) is 4.79 Å². The molecule has 0 saturated heterocycles. The third-order valence-electron chi connectivity index (χ3n) is 3.07. The lowest BCUT2D eigenvalue weighted by Crippen LogP contribution is -2.44. The summed E-state index contributed by atoms with van der Waals surface area (Å²) >= 11 is 0. The van der Waals surface area contributed by atoms with Crippen LogP contribution in [0.5, 0.6) is 0 Å². The van der Waals surface area contributed by atoms with Gasteiger partial charge < -0.3 is 15.7 Å². The number of hydrogen-bond donors (Lipinski definition) is 3. The molecule has 0 aliphatic rings. The van der Waals surface area contributed by atoms with Crippen molar-refractivity contribution < 1.29 is 9.90 Å². The van der Waals surface area contributed by atoms with E-state index in [0.29, 0.717) is 18.5 Å². The summed E-state index contributed by atoms with van der Waals surface area (Å²) in [6.45, 7) is 4.41. The molecular formula is C15H21N3O2. The Kier molecular flexibility index (Phi) is 6.54. The molecule has 20 heavy (non-hydrogen) atoms. The molecule has 1 atom stereocenters. The fraction of sp³-hybridized carbons (Fsp3) is 0.467. The zero-order chi connectivity index (χ0) is 15.0. The van der Waals surface area contributed by atoms with Crippen LogP contribution in [0.1, 0.15) is 31.4 Å². The topological polar surface area (TPSA) is 85.2 Å². The molecule has 0 saturated carbocycles. The maximum atomic E-state index is 11.8. The molecule has 0 fully saturated rings. The van der Waals surface area contributed by atoms with Crippen LogP contribution in [0.2, 0.25) is 0 Å². The molecule has 0 aromatic heterocycles. The smallest absolute Gasteiger partial charge is 0.315 e. The van der Waals surface area contributed by atoms with E-state index in [1.165, 1.54) is 0 Å². The molecule has 0 bridgehead atoms. The highest BCUT2D eigenvalue weighted by Gasteiger charge is 2.15. The molecule has 5 nitrogen and oxygen atoms in total. The quantitative estimate of drug-likeness (QED) is 0.739. The van der Waals surface area contributed by atoms with Crippen molar-refractivity contribution in [2.24, 2.45) is 5.92 Å². The van der Waals surface area contributed by atoms with Crippen molar-refractivity contribution in [2.75, 3.05) is 6.61 Å². The number of amides is 2. The van der Waals surface area contributed by atoms with Gasteiger partial charge in [0.2, 0.25) is 0 Å². The van der Waals surface area contributed by atoms with Crippen LogP contribution in [0, 0.1) is 17.2 Å². The zero-order valence-electron chi connectivity index (χ0n) is 11.9. The maximum absolute atomic E-state index is 11.8. The molecule has 1 aromatic carbocycles. The van der Waals surface area contributed by atoms with E-state index in [1.54, 1.807) is 18.2 Å². The van der Waals surface area contributed by atoms with Crippen LogP contribution in [0.25, 0.3) is 0 Å². The Hall–Kier alpha value is -2.06. The van der Waals surface area contributed by atoms with Crippen molar-refractivity contribution >= 4 is 6.03 Å². The molecular weight excluding hydrogens is 254 g/mol. The van der Waals surface area contributed by atoms with Gasteiger partial charge in [0.1, 0.15) is 0 Å². The predicted molar refractivity (Wildman–Crippen MR) is 76.9 cm³/mol. The largest absolute Gasteiger partial charge is 0.396 e. The predicted octanol–water partition coefficient (Wildman–Crippen LogP) is 1.76. The fourth-order valence-electron chi connectivity index (χ4n) is 1.86. The van der Waals surface area contributed by atoms with E-state index >= 15 is 0 Å². The van der Waals surface area contributed by atoms with Gasteiger partial charge in [-0.25, -0.2) is 4.79 Å². The molecule has 0 unspecified atom stereocenters. The number of rotatable bonds is 6. The molecule has 2 amide bonds. The molecule has 0 spiro atoms. The van der Waals surface area contributed by atoms with Gasteiger partial charge in [-0.05, 0) is 30.0 Å². The number of aliphatic hydroxyl groups is 1. The van der Waals surface area contributed by atoms with Gasteiger partial charge in [-0.2, -0.15) is 5.26 Å². The summed E-state index contributed by atoms with van der Waals surface area (Å²) in [6.07, 6.45) is 0.537. The summed E-state index contributed by atoms with van der Waals surface area (Å²) in [5.41, 5.74) is 1.45. The number of nitriles is 1. The van der Waals surface area contributed by atoms with E-state index in [1.807, 2.05) is 19.9 Å². The van der Waals surface area contributed by atoms with E-state index in [2.05, 4.69) is 16.7 Å². The second-order valence-electron chi connectivity index (χ2n) is 5.00. The molecule has 108 valence electrons. The van der Waals surface area contributed by atoms with Crippen molar-refractivity contribution in [1.82, 2.24) is 10.6 Å². The van der Waals surface area contributed by atoms with Crippen LogP contribution in [0.3, 0.4) is 0 Å². The van der Waals surface area contributed by atoms with Gasteiger partial charge in [0.05, 0.1) is 11.6 Å². The Morgan fingerprint density at radius 1 is 1.45 bits per heavy atom. The van der Waals surface area contributed by atoms with Gasteiger partial charge in [0.15, 0.2) is 0 Å². The molecule has 0 aliphatic carbocycles. The minimum absolute atomic E-state index is 0.0489. The number of carbonyl (C=O) groups is 1. The molecule has 3 N–H and O–H groups in total. The van der Waals surface area contributed by atoms with Crippen LogP contribution in [0.15, 0.2) is 24.3 Å². The van der Waals surface area contributed by atoms with Crippen LogP contribution in [-0.4, -0.2) is 23.8 Å². The van der Waals surface area contributed by atoms with E-state index in [4.69, 9.17) is 10.4 Å². The highest BCUT2D eigenvalue weighted by Crippen LogP contribution is 2.06. The van der Waals surface area contributed by atoms with Crippen molar-refractivity contribution in [1.29, 1.82) is 5.26 Å². The monoisotopic (exact) mass is 275 g/mol. The Morgan fingerprint density at radius 2 is 2.20 bits per heavy atom. The molecule has 1 rings (SSSR count). The van der Waals surface area contributed by atoms with Gasteiger partial charge in [-0.15, -0.1) is 0 Å². The lowest BCUT2D eigenvalue weighted by molar-refractivity contribution is 0.218. The average Bonchev–Trinajstić information content (AvgIpc) is 2.44. The van der Waals surface area contributed by atoms with E-state index in [0.717, 1.165) is 5.56 Å². The van der Waals surface area contributed by atoms with Crippen molar-refractivity contribution in [3.63, 3.8) is 0 Å². The summed E-state index contributed by atoms with van der Waals surface area (Å²) < 4.78 is 0.